The van der Waals surface area contributed by atoms with E-state index in [1.54, 1.807) is 0 Å². The standard InChI is InChI=1S/C37H41FN6O6S3/c1-4-22-24(38)12-11-21-17-25-23(18-39-44(25)26-9-5-7-14-48-26)29(28(21)22)31-33-32(52-42-31)30-34(40-36(53(3,45)46)41-35(30)51-33)43-13-16-47-20-37(2,19-43)50-27-10-6-8-15-49-27/h11-12,17-18,26-27H,4-10,13-16,19-20H2,1-3H3/t26?,27?,37-/m0/s1. The second-order valence-corrected chi connectivity index (χ2v) is 18.2. The number of benzene rings is 2. The van der Waals surface area contributed by atoms with E-state index < -0.39 is 15.4 Å². The highest BCUT2D eigenvalue weighted by molar-refractivity contribution is 7.90. The largest absolute Gasteiger partial charge is 0.377 e. The van der Waals surface area contributed by atoms with Crippen molar-refractivity contribution < 1.29 is 31.8 Å². The van der Waals surface area contributed by atoms with Crippen molar-refractivity contribution in [3.05, 3.63) is 35.8 Å². The molecule has 16 heteroatoms. The average molecular weight is 781 g/mol. The minimum Gasteiger partial charge on any atom is -0.377 e. The first-order valence-corrected chi connectivity index (χ1v) is 21.8. The fraction of sp³-hybridized carbons (Fsp3) is 0.514. The molecule has 7 heterocycles. The Hall–Kier alpha value is -3.38. The summed E-state index contributed by atoms with van der Waals surface area (Å²) < 4.78 is 75.1. The normalized spacial score (nSPS) is 23.4. The smallest absolute Gasteiger partial charge is 0.250 e. The minimum atomic E-state index is -3.78. The van der Waals surface area contributed by atoms with Crippen LogP contribution in [0.25, 0.3) is 52.5 Å². The Balaban J connectivity index is 1.25. The van der Waals surface area contributed by atoms with Crippen LogP contribution in [-0.4, -0.2) is 90.2 Å². The molecule has 3 fully saturated rings. The van der Waals surface area contributed by atoms with Crippen LogP contribution in [0.15, 0.2) is 29.6 Å². The van der Waals surface area contributed by atoms with E-state index >= 15 is 4.39 Å². The molecular weight excluding hydrogens is 740 g/mol. The van der Waals surface area contributed by atoms with Gasteiger partial charge < -0.3 is 23.8 Å². The number of sulfone groups is 1. The van der Waals surface area contributed by atoms with Crippen LogP contribution >= 0.6 is 22.9 Å². The van der Waals surface area contributed by atoms with Gasteiger partial charge in [0, 0.05) is 37.0 Å². The summed E-state index contributed by atoms with van der Waals surface area (Å²) in [6.45, 7) is 6.91. The molecule has 0 aliphatic carbocycles. The molecule has 3 aliphatic heterocycles. The summed E-state index contributed by atoms with van der Waals surface area (Å²) in [7, 11) is -3.78. The van der Waals surface area contributed by atoms with Gasteiger partial charge in [0.2, 0.25) is 15.0 Å². The molecule has 53 heavy (non-hydrogen) atoms. The lowest BCUT2D eigenvalue weighted by Gasteiger charge is -2.37. The number of rotatable bonds is 7. The van der Waals surface area contributed by atoms with Gasteiger partial charge in [-0.05, 0) is 91.9 Å². The molecule has 0 saturated carbocycles. The van der Waals surface area contributed by atoms with E-state index in [1.165, 1.54) is 28.9 Å². The number of fused-ring (bicyclic) bond motifs is 5. The minimum absolute atomic E-state index is 0.193. The number of aryl methyl sites for hydroxylation is 1. The molecule has 2 unspecified atom stereocenters. The lowest BCUT2D eigenvalue weighted by Crippen LogP contribution is -2.47. The van der Waals surface area contributed by atoms with Crippen molar-refractivity contribution in [3.63, 3.8) is 0 Å². The molecule has 0 N–H and O–H groups in total. The average Bonchev–Trinajstić information content (AvgIpc) is 3.82. The van der Waals surface area contributed by atoms with Crippen LogP contribution in [0.5, 0.6) is 0 Å². The molecule has 0 amide bonds. The lowest BCUT2D eigenvalue weighted by molar-refractivity contribution is -0.227. The molecule has 0 spiro atoms. The zero-order valence-electron chi connectivity index (χ0n) is 29.9. The van der Waals surface area contributed by atoms with Gasteiger partial charge in [-0.3, -0.25) is 0 Å². The quantitative estimate of drug-likeness (QED) is 0.150. The van der Waals surface area contributed by atoms with E-state index in [0.29, 0.717) is 67.8 Å². The highest BCUT2D eigenvalue weighted by atomic mass is 32.2. The topological polar surface area (TPSA) is 131 Å². The fourth-order valence-corrected chi connectivity index (χ4v) is 10.8. The van der Waals surface area contributed by atoms with Crippen molar-refractivity contribution in [2.24, 2.45) is 0 Å². The molecule has 6 aromatic rings. The molecule has 280 valence electrons. The van der Waals surface area contributed by atoms with Crippen LogP contribution < -0.4 is 4.90 Å². The van der Waals surface area contributed by atoms with Gasteiger partial charge in [-0.1, -0.05) is 13.0 Å². The Kier molecular flexibility index (Phi) is 9.15. The third kappa shape index (κ3) is 6.29. The maximum Gasteiger partial charge on any atom is 0.250 e. The van der Waals surface area contributed by atoms with Crippen molar-refractivity contribution in [2.45, 2.75) is 82.1 Å². The second kappa shape index (κ2) is 13.7. The van der Waals surface area contributed by atoms with E-state index in [9.17, 15) is 8.42 Å². The first kappa shape index (κ1) is 35.3. The zero-order chi connectivity index (χ0) is 36.5. The zero-order valence-corrected chi connectivity index (χ0v) is 32.3. The van der Waals surface area contributed by atoms with E-state index in [1.807, 2.05) is 30.8 Å². The third-order valence-corrected chi connectivity index (χ3v) is 13.4. The van der Waals surface area contributed by atoms with Crippen molar-refractivity contribution in [1.29, 1.82) is 0 Å². The molecular formula is C37H41FN6O6S3. The summed E-state index contributed by atoms with van der Waals surface area (Å²) in [5, 5.41) is 7.85. The van der Waals surface area contributed by atoms with Crippen LogP contribution in [0.2, 0.25) is 0 Å². The predicted molar refractivity (Wildman–Crippen MR) is 204 cm³/mol. The Morgan fingerprint density at radius 2 is 1.89 bits per heavy atom. The molecule has 0 bridgehead atoms. The van der Waals surface area contributed by atoms with Gasteiger partial charge in [-0.2, -0.15) is 9.47 Å². The number of aromatic nitrogens is 5. The van der Waals surface area contributed by atoms with Crippen LogP contribution in [0.3, 0.4) is 0 Å². The molecule has 12 nitrogen and oxygen atoms in total. The number of ether oxygens (including phenoxy) is 4. The summed E-state index contributed by atoms with van der Waals surface area (Å²) in [6.07, 6.45) is 8.68. The van der Waals surface area contributed by atoms with E-state index in [-0.39, 0.29) is 23.5 Å². The summed E-state index contributed by atoms with van der Waals surface area (Å²) in [4.78, 5) is 12.0. The maximum absolute atomic E-state index is 15.6. The molecule has 3 saturated heterocycles. The second-order valence-electron chi connectivity index (χ2n) is 14.5. The summed E-state index contributed by atoms with van der Waals surface area (Å²) in [6, 6.07) is 5.43. The van der Waals surface area contributed by atoms with E-state index in [2.05, 4.69) is 16.0 Å². The van der Waals surface area contributed by atoms with Crippen LogP contribution in [0.4, 0.5) is 10.2 Å². The van der Waals surface area contributed by atoms with Gasteiger partial charge >= 0.3 is 0 Å². The highest BCUT2D eigenvalue weighted by Gasteiger charge is 2.37. The Labute approximate surface area is 314 Å². The van der Waals surface area contributed by atoms with Gasteiger partial charge in [0.1, 0.15) is 27.8 Å². The first-order chi connectivity index (χ1) is 25.6. The Morgan fingerprint density at radius 3 is 2.64 bits per heavy atom. The fourth-order valence-electron chi connectivity index (χ4n) is 8.02. The first-order valence-electron chi connectivity index (χ1n) is 18.3. The monoisotopic (exact) mass is 780 g/mol. The highest BCUT2D eigenvalue weighted by Crippen LogP contribution is 2.49. The van der Waals surface area contributed by atoms with Gasteiger partial charge in [0.25, 0.3) is 0 Å². The number of anilines is 1. The molecule has 0 radical (unpaired) electrons. The van der Waals surface area contributed by atoms with Crippen LogP contribution in [-0.2, 0) is 35.2 Å². The third-order valence-electron chi connectivity index (χ3n) is 10.5. The van der Waals surface area contributed by atoms with Gasteiger partial charge in [0.05, 0.1) is 46.3 Å². The van der Waals surface area contributed by atoms with Crippen LogP contribution in [0.1, 0.15) is 64.2 Å². The number of hydrogen-bond acceptors (Lipinski definition) is 13. The molecule has 2 aromatic carbocycles. The molecule has 4 aromatic heterocycles. The number of hydrogen-bond donors (Lipinski definition) is 0. The van der Waals surface area contributed by atoms with Crippen LogP contribution in [0, 0.1) is 5.82 Å². The SMILES string of the molecule is CCc1c(F)ccc2cc3c(cnn3C3CCCCO3)c(-c3nsc4c3sc3nc(S(C)(=O)=O)nc(N5CCOC[C@@](C)(OC6CCCCO6)C5)c34)c12. The summed E-state index contributed by atoms with van der Waals surface area (Å²) in [5.74, 6) is 0.219. The predicted octanol–water partition coefficient (Wildman–Crippen LogP) is 7.41. The van der Waals surface area contributed by atoms with E-state index in [0.717, 1.165) is 86.8 Å². The Bertz CT molecular complexity index is 2470. The molecule has 3 aliphatic rings. The van der Waals surface area contributed by atoms with Gasteiger partial charge in [-0.25, -0.2) is 27.5 Å². The maximum atomic E-state index is 15.6. The summed E-state index contributed by atoms with van der Waals surface area (Å²) in [5.41, 5.74) is 2.23. The Morgan fingerprint density at radius 1 is 1.06 bits per heavy atom. The number of nitrogens with zero attached hydrogens (tertiary/aromatic N) is 6. The van der Waals surface area contributed by atoms with Crippen molar-refractivity contribution in [1.82, 2.24) is 24.1 Å². The van der Waals surface area contributed by atoms with Crippen molar-refractivity contribution in [3.8, 4) is 11.3 Å². The molecule has 9 rings (SSSR count). The molecule has 3 atom stereocenters. The lowest BCUT2D eigenvalue weighted by atomic mass is 9.93. The van der Waals surface area contributed by atoms with Gasteiger partial charge in [0.15, 0.2) is 12.5 Å². The van der Waals surface area contributed by atoms with Crippen molar-refractivity contribution in [2.75, 3.05) is 50.7 Å². The number of thiophene rings is 1. The number of halogens is 1. The van der Waals surface area contributed by atoms with Crippen molar-refractivity contribution >= 4 is 79.8 Å². The summed E-state index contributed by atoms with van der Waals surface area (Å²) >= 11 is 2.69. The van der Waals surface area contributed by atoms with Gasteiger partial charge in [-0.15, -0.1) is 11.3 Å². The van der Waals surface area contributed by atoms with E-state index in [4.69, 9.17) is 33.4 Å².